The summed E-state index contributed by atoms with van der Waals surface area (Å²) in [7, 11) is 0. The molecule has 2 rings (SSSR count). The zero-order valence-electron chi connectivity index (χ0n) is 10.5. The molecular weight excluding hydrogens is 212 g/mol. The van der Waals surface area contributed by atoms with E-state index in [9.17, 15) is 4.79 Å². The van der Waals surface area contributed by atoms with Crippen LogP contribution in [0.15, 0.2) is 18.2 Å². The van der Waals surface area contributed by atoms with Gasteiger partial charge in [0, 0.05) is 12.6 Å². The molecule has 0 radical (unpaired) electrons. The molecule has 3 heteroatoms. The molecule has 1 aliphatic carbocycles. The highest BCUT2D eigenvalue weighted by atomic mass is 16.1. The van der Waals surface area contributed by atoms with E-state index in [1.165, 1.54) is 29.5 Å². The lowest BCUT2D eigenvalue weighted by atomic mass is 10.1. The Morgan fingerprint density at radius 2 is 2.12 bits per heavy atom. The van der Waals surface area contributed by atoms with Gasteiger partial charge in [-0.05, 0) is 37.8 Å². The minimum Gasteiger partial charge on any atom is -0.351 e. The van der Waals surface area contributed by atoms with Crippen LogP contribution in [0.4, 0.5) is 0 Å². The van der Waals surface area contributed by atoms with E-state index in [0.717, 1.165) is 0 Å². The van der Waals surface area contributed by atoms with Crippen LogP contribution in [0, 0.1) is 13.8 Å². The van der Waals surface area contributed by atoms with Gasteiger partial charge in [0.25, 0.3) is 0 Å². The van der Waals surface area contributed by atoms with E-state index in [1.54, 1.807) is 0 Å². The summed E-state index contributed by atoms with van der Waals surface area (Å²) in [5.74, 6) is 0.0813. The van der Waals surface area contributed by atoms with Crippen molar-refractivity contribution in [2.24, 2.45) is 0 Å². The lowest BCUT2D eigenvalue weighted by Crippen LogP contribution is -2.34. The molecule has 1 fully saturated rings. The molecule has 2 N–H and O–H groups in total. The number of benzene rings is 1. The Morgan fingerprint density at radius 3 is 2.82 bits per heavy atom. The Hall–Kier alpha value is -1.35. The molecule has 0 aromatic heterocycles. The van der Waals surface area contributed by atoms with Crippen LogP contribution in [0.2, 0.25) is 0 Å². The van der Waals surface area contributed by atoms with Crippen molar-refractivity contribution < 1.29 is 4.79 Å². The molecule has 92 valence electrons. The molecule has 3 nitrogen and oxygen atoms in total. The van der Waals surface area contributed by atoms with Crippen molar-refractivity contribution in [3.05, 3.63) is 34.9 Å². The summed E-state index contributed by atoms with van der Waals surface area (Å²) in [5, 5.41) is 6.16. The van der Waals surface area contributed by atoms with Crippen molar-refractivity contribution in [1.82, 2.24) is 10.6 Å². The quantitative estimate of drug-likeness (QED) is 0.811. The third-order valence-electron chi connectivity index (χ3n) is 3.11. The van der Waals surface area contributed by atoms with E-state index in [4.69, 9.17) is 0 Å². The van der Waals surface area contributed by atoms with Gasteiger partial charge in [0.1, 0.15) is 0 Å². The molecule has 1 amide bonds. The zero-order chi connectivity index (χ0) is 12.3. The first-order valence-corrected chi connectivity index (χ1v) is 6.21. The van der Waals surface area contributed by atoms with Crippen LogP contribution in [0.25, 0.3) is 0 Å². The SMILES string of the molecule is Cc1ccc(C)c(CNC(=O)CNC2CC2)c1. The van der Waals surface area contributed by atoms with E-state index in [1.807, 2.05) is 0 Å². The summed E-state index contributed by atoms with van der Waals surface area (Å²) in [4.78, 5) is 11.6. The Morgan fingerprint density at radius 1 is 1.35 bits per heavy atom. The highest BCUT2D eigenvalue weighted by molar-refractivity contribution is 5.78. The minimum absolute atomic E-state index is 0.0813. The number of aryl methyl sites for hydroxylation is 2. The van der Waals surface area contributed by atoms with Gasteiger partial charge in [-0.15, -0.1) is 0 Å². The summed E-state index contributed by atoms with van der Waals surface area (Å²) < 4.78 is 0. The second-order valence-electron chi connectivity index (χ2n) is 4.86. The van der Waals surface area contributed by atoms with Crippen LogP contribution in [-0.4, -0.2) is 18.5 Å². The van der Waals surface area contributed by atoms with E-state index in [0.29, 0.717) is 19.1 Å². The minimum atomic E-state index is 0.0813. The highest BCUT2D eigenvalue weighted by Crippen LogP contribution is 2.17. The fourth-order valence-electron chi connectivity index (χ4n) is 1.77. The first-order chi connectivity index (χ1) is 8.15. The maximum Gasteiger partial charge on any atom is 0.234 e. The van der Waals surface area contributed by atoms with E-state index < -0.39 is 0 Å². The average Bonchev–Trinajstić information content (AvgIpc) is 3.11. The number of hydrogen-bond acceptors (Lipinski definition) is 2. The fraction of sp³-hybridized carbons (Fsp3) is 0.500. The van der Waals surface area contributed by atoms with Crippen molar-refractivity contribution in [1.29, 1.82) is 0 Å². The van der Waals surface area contributed by atoms with Crippen LogP contribution < -0.4 is 10.6 Å². The van der Waals surface area contributed by atoms with Gasteiger partial charge in [0.2, 0.25) is 5.91 Å². The molecule has 0 unspecified atom stereocenters. The molecule has 1 aromatic carbocycles. The normalized spacial score (nSPS) is 14.7. The highest BCUT2D eigenvalue weighted by Gasteiger charge is 2.20. The van der Waals surface area contributed by atoms with Crippen molar-refractivity contribution in [3.8, 4) is 0 Å². The summed E-state index contributed by atoms with van der Waals surface area (Å²) in [6, 6.07) is 6.90. The number of amides is 1. The molecule has 0 atom stereocenters. The number of nitrogens with one attached hydrogen (secondary N) is 2. The monoisotopic (exact) mass is 232 g/mol. The molecule has 1 aliphatic rings. The molecule has 1 saturated carbocycles. The molecule has 17 heavy (non-hydrogen) atoms. The maximum absolute atomic E-state index is 11.6. The lowest BCUT2D eigenvalue weighted by molar-refractivity contribution is -0.120. The largest absolute Gasteiger partial charge is 0.351 e. The fourth-order valence-corrected chi connectivity index (χ4v) is 1.77. The van der Waals surface area contributed by atoms with Crippen molar-refractivity contribution >= 4 is 5.91 Å². The van der Waals surface area contributed by atoms with Gasteiger partial charge in [0.05, 0.1) is 6.54 Å². The van der Waals surface area contributed by atoms with Crippen LogP contribution in [0.1, 0.15) is 29.5 Å². The Bertz CT molecular complexity index is 411. The van der Waals surface area contributed by atoms with Gasteiger partial charge in [-0.1, -0.05) is 23.8 Å². The number of carbonyl (C=O) groups excluding carboxylic acids is 1. The van der Waals surface area contributed by atoms with Gasteiger partial charge in [0.15, 0.2) is 0 Å². The Kier molecular flexibility index (Phi) is 3.79. The smallest absolute Gasteiger partial charge is 0.234 e. The molecule has 0 spiro atoms. The molecule has 0 aliphatic heterocycles. The molecule has 0 bridgehead atoms. The maximum atomic E-state index is 11.6. The number of hydrogen-bond donors (Lipinski definition) is 2. The van der Waals surface area contributed by atoms with Crippen LogP contribution in [0.3, 0.4) is 0 Å². The predicted octanol–water partition coefficient (Wildman–Crippen LogP) is 1.67. The van der Waals surface area contributed by atoms with E-state index in [2.05, 4.69) is 42.7 Å². The van der Waals surface area contributed by atoms with Crippen molar-refractivity contribution in [2.45, 2.75) is 39.3 Å². The van der Waals surface area contributed by atoms with Crippen LogP contribution in [0.5, 0.6) is 0 Å². The lowest BCUT2D eigenvalue weighted by Gasteiger charge is -2.09. The molecule has 0 saturated heterocycles. The average molecular weight is 232 g/mol. The third kappa shape index (κ3) is 3.86. The Balaban J connectivity index is 1.79. The van der Waals surface area contributed by atoms with Crippen molar-refractivity contribution in [2.75, 3.05) is 6.54 Å². The van der Waals surface area contributed by atoms with Crippen LogP contribution >= 0.6 is 0 Å². The first-order valence-electron chi connectivity index (χ1n) is 6.21. The molecule has 0 heterocycles. The Labute approximate surface area is 103 Å². The predicted molar refractivity (Wildman–Crippen MR) is 68.8 cm³/mol. The summed E-state index contributed by atoms with van der Waals surface area (Å²) in [6.45, 7) is 5.21. The van der Waals surface area contributed by atoms with Gasteiger partial charge < -0.3 is 10.6 Å². The summed E-state index contributed by atoms with van der Waals surface area (Å²) in [5.41, 5.74) is 3.66. The van der Waals surface area contributed by atoms with Gasteiger partial charge >= 0.3 is 0 Å². The van der Waals surface area contributed by atoms with Gasteiger partial charge in [-0.3, -0.25) is 4.79 Å². The second kappa shape index (κ2) is 5.32. The number of rotatable bonds is 5. The second-order valence-corrected chi connectivity index (χ2v) is 4.86. The topological polar surface area (TPSA) is 41.1 Å². The molecule has 1 aromatic rings. The van der Waals surface area contributed by atoms with Crippen LogP contribution in [-0.2, 0) is 11.3 Å². The summed E-state index contributed by atoms with van der Waals surface area (Å²) >= 11 is 0. The van der Waals surface area contributed by atoms with Gasteiger partial charge in [-0.2, -0.15) is 0 Å². The standard InChI is InChI=1S/C14H20N2O/c1-10-3-4-11(2)12(7-10)8-16-14(17)9-15-13-5-6-13/h3-4,7,13,15H,5-6,8-9H2,1-2H3,(H,16,17). The number of carbonyl (C=O) groups is 1. The van der Waals surface area contributed by atoms with Gasteiger partial charge in [-0.25, -0.2) is 0 Å². The van der Waals surface area contributed by atoms with E-state index >= 15 is 0 Å². The van der Waals surface area contributed by atoms with Crippen molar-refractivity contribution in [3.63, 3.8) is 0 Å². The zero-order valence-corrected chi connectivity index (χ0v) is 10.5. The third-order valence-corrected chi connectivity index (χ3v) is 3.11. The molecular formula is C14H20N2O. The van der Waals surface area contributed by atoms with E-state index in [-0.39, 0.29) is 5.91 Å². The first kappa shape index (κ1) is 12.1. The summed E-state index contributed by atoms with van der Waals surface area (Å²) in [6.07, 6.45) is 2.43.